The molecule has 21 heavy (non-hydrogen) atoms. The molecule has 0 unspecified atom stereocenters. The number of nitrogens with one attached hydrogen (secondary N) is 1. The Bertz CT molecular complexity index is 647. The van der Waals surface area contributed by atoms with E-state index in [0.29, 0.717) is 22.9 Å². The van der Waals surface area contributed by atoms with Crippen LogP contribution in [0.2, 0.25) is 0 Å². The average molecular weight is 351 g/mol. The van der Waals surface area contributed by atoms with Gasteiger partial charge in [-0.15, -0.1) is 0 Å². The number of nitrogens with two attached hydrogens (primary N) is 1. The number of ether oxygens (including phenoxy) is 2. The largest absolute Gasteiger partial charge is 0.497 e. The first kappa shape index (κ1) is 15.2. The van der Waals surface area contributed by atoms with Crippen LogP contribution in [0.15, 0.2) is 46.9 Å². The van der Waals surface area contributed by atoms with Crippen LogP contribution in [0, 0.1) is 0 Å². The lowest BCUT2D eigenvalue weighted by molar-refractivity contribution is -0.118. The van der Waals surface area contributed by atoms with Crippen molar-refractivity contribution in [3.8, 4) is 11.5 Å². The van der Waals surface area contributed by atoms with Gasteiger partial charge < -0.3 is 20.5 Å². The van der Waals surface area contributed by atoms with Crippen molar-refractivity contribution in [3.05, 3.63) is 46.9 Å². The SMILES string of the molecule is COc1cccc(NC(=O)COc2ccc(Br)cc2N)c1. The third-order valence-electron chi connectivity index (χ3n) is 2.68. The minimum atomic E-state index is -0.273. The molecule has 0 spiro atoms. The van der Waals surface area contributed by atoms with Crippen LogP contribution in [0.4, 0.5) is 11.4 Å². The van der Waals surface area contributed by atoms with Crippen molar-refractivity contribution in [3.63, 3.8) is 0 Å². The lowest BCUT2D eigenvalue weighted by Gasteiger charge is -2.10. The maximum absolute atomic E-state index is 11.8. The maximum Gasteiger partial charge on any atom is 0.262 e. The topological polar surface area (TPSA) is 73.6 Å². The van der Waals surface area contributed by atoms with Crippen LogP contribution in [0.5, 0.6) is 11.5 Å². The summed E-state index contributed by atoms with van der Waals surface area (Å²) in [6.07, 6.45) is 0. The number of nitrogen functional groups attached to an aromatic ring is 1. The van der Waals surface area contributed by atoms with Crippen molar-refractivity contribution < 1.29 is 14.3 Å². The summed E-state index contributed by atoms with van der Waals surface area (Å²) in [5.41, 5.74) is 6.91. The van der Waals surface area contributed by atoms with Gasteiger partial charge in [0.25, 0.3) is 5.91 Å². The molecule has 0 aliphatic rings. The van der Waals surface area contributed by atoms with E-state index in [-0.39, 0.29) is 12.5 Å². The number of anilines is 2. The molecule has 0 radical (unpaired) electrons. The molecule has 2 rings (SSSR count). The molecule has 0 aliphatic heterocycles. The Labute approximate surface area is 131 Å². The van der Waals surface area contributed by atoms with Crippen LogP contribution in [-0.2, 0) is 4.79 Å². The highest BCUT2D eigenvalue weighted by atomic mass is 79.9. The van der Waals surface area contributed by atoms with Gasteiger partial charge in [-0.05, 0) is 30.3 Å². The number of carbonyl (C=O) groups excluding carboxylic acids is 1. The molecule has 6 heteroatoms. The van der Waals surface area contributed by atoms with Gasteiger partial charge in [-0.3, -0.25) is 4.79 Å². The van der Waals surface area contributed by atoms with Crippen molar-refractivity contribution in [1.82, 2.24) is 0 Å². The smallest absolute Gasteiger partial charge is 0.262 e. The Kier molecular flexibility index (Phi) is 5.05. The van der Waals surface area contributed by atoms with Gasteiger partial charge >= 0.3 is 0 Å². The zero-order valence-electron chi connectivity index (χ0n) is 11.4. The molecular weight excluding hydrogens is 336 g/mol. The van der Waals surface area contributed by atoms with Crippen LogP contribution in [-0.4, -0.2) is 19.6 Å². The molecule has 3 N–H and O–H groups in total. The number of carbonyl (C=O) groups is 1. The van der Waals surface area contributed by atoms with E-state index in [0.717, 1.165) is 4.47 Å². The van der Waals surface area contributed by atoms with E-state index in [1.807, 2.05) is 0 Å². The third kappa shape index (κ3) is 4.39. The van der Waals surface area contributed by atoms with E-state index in [1.54, 1.807) is 49.6 Å². The molecule has 2 aromatic rings. The van der Waals surface area contributed by atoms with E-state index in [9.17, 15) is 4.79 Å². The van der Waals surface area contributed by atoms with Crippen LogP contribution in [0.3, 0.4) is 0 Å². The van der Waals surface area contributed by atoms with Gasteiger partial charge in [0.15, 0.2) is 6.61 Å². The molecule has 0 aromatic heterocycles. The van der Waals surface area contributed by atoms with Crippen molar-refractivity contribution in [2.75, 3.05) is 24.8 Å². The van der Waals surface area contributed by atoms with Crippen molar-refractivity contribution in [2.24, 2.45) is 0 Å². The number of amides is 1. The molecule has 0 saturated carbocycles. The van der Waals surface area contributed by atoms with Crippen molar-refractivity contribution in [2.45, 2.75) is 0 Å². The Balaban J connectivity index is 1.92. The summed E-state index contributed by atoms with van der Waals surface area (Å²) in [4.78, 5) is 11.8. The Morgan fingerprint density at radius 2 is 2.10 bits per heavy atom. The molecule has 1 amide bonds. The van der Waals surface area contributed by atoms with Gasteiger partial charge in [0.05, 0.1) is 12.8 Å². The van der Waals surface area contributed by atoms with Crippen LogP contribution in [0.25, 0.3) is 0 Å². The molecule has 0 atom stereocenters. The van der Waals surface area contributed by atoms with Gasteiger partial charge in [-0.1, -0.05) is 22.0 Å². The monoisotopic (exact) mass is 350 g/mol. The number of hydrogen-bond acceptors (Lipinski definition) is 4. The number of hydrogen-bond donors (Lipinski definition) is 2. The quantitative estimate of drug-likeness (QED) is 0.812. The fourth-order valence-corrected chi connectivity index (χ4v) is 2.07. The van der Waals surface area contributed by atoms with Crippen LogP contribution >= 0.6 is 15.9 Å². The fraction of sp³-hybridized carbons (Fsp3) is 0.133. The highest BCUT2D eigenvalue weighted by Gasteiger charge is 2.07. The Morgan fingerprint density at radius 3 is 2.81 bits per heavy atom. The summed E-state index contributed by atoms with van der Waals surface area (Å²) < 4.78 is 11.3. The number of methoxy groups -OCH3 is 1. The van der Waals surface area contributed by atoms with E-state index < -0.39 is 0 Å². The first-order chi connectivity index (χ1) is 10.1. The summed E-state index contributed by atoms with van der Waals surface area (Å²) in [6, 6.07) is 12.3. The molecule has 2 aromatic carbocycles. The predicted octanol–water partition coefficient (Wildman–Crippen LogP) is 3.06. The second-order valence-corrected chi connectivity index (χ2v) is 5.17. The normalized spacial score (nSPS) is 10.0. The van der Waals surface area contributed by atoms with Crippen LogP contribution in [0.1, 0.15) is 0 Å². The molecule has 5 nitrogen and oxygen atoms in total. The van der Waals surface area contributed by atoms with Gasteiger partial charge in [0, 0.05) is 16.2 Å². The average Bonchev–Trinajstić information content (AvgIpc) is 2.46. The van der Waals surface area contributed by atoms with E-state index in [2.05, 4.69) is 21.2 Å². The highest BCUT2D eigenvalue weighted by molar-refractivity contribution is 9.10. The van der Waals surface area contributed by atoms with Gasteiger partial charge in [-0.25, -0.2) is 0 Å². The lowest BCUT2D eigenvalue weighted by Crippen LogP contribution is -2.20. The standard InChI is InChI=1S/C15H15BrN2O3/c1-20-12-4-2-3-11(8-12)18-15(19)9-21-14-6-5-10(16)7-13(14)17/h2-8H,9,17H2,1H3,(H,18,19). The first-order valence-electron chi connectivity index (χ1n) is 6.20. The minimum Gasteiger partial charge on any atom is -0.497 e. The van der Waals surface area contributed by atoms with E-state index >= 15 is 0 Å². The predicted molar refractivity (Wildman–Crippen MR) is 85.7 cm³/mol. The number of rotatable bonds is 5. The second-order valence-electron chi connectivity index (χ2n) is 4.25. The molecular formula is C15H15BrN2O3. The number of halogens is 1. The zero-order valence-corrected chi connectivity index (χ0v) is 13.0. The third-order valence-corrected chi connectivity index (χ3v) is 3.18. The molecule has 0 aliphatic carbocycles. The van der Waals surface area contributed by atoms with Gasteiger partial charge in [0.2, 0.25) is 0 Å². The summed E-state index contributed by atoms with van der Waals surface area (Å²) in [7, 11) is 1.57. The fourth-order valence-electron chi connectivity index (χ4n) is 1.69. The summed E-state index contributed by atoms with van der Waals surface area (Å²) in [6.45, 7) is -0.122. The van der Waals surface area contributed by atoms with E-state index in [1.165, 1.54) is 0 Å². The van der Waals surface area contributed by atoms with Gasteiger partial charge in [-0.2, -0.15) is 0 Å². The first-order valence-corrected chi connectivity index (χ1v) is 6.99. The van der Waals surface area contributed by atoms with Gasteiger partial charge in [0.1, 0.15) is 11.5 Å². The van der Waals surface area contributed by atoms with E-state index in [4.69, 9.17) is 15.2 Å². The molecule has 0 saturated heterocycles. The highest BCUT2D eigenvalue weighted by Crippen LogP contribution is 2.25. The second kappa shape index (κ2) is 6.99. The zero-order chi connectivity index (χ0) is 15.2. The Morgan fingerprint density at radius 1 is 1.29 bits per heavy atom. The molecule has 0 heterocycles. The molecule has 0 bridgehead atoms. The van der Waals surface area contributed by atoms with Crippen molar-refractivity contribution in [1.29, 1.82) is 0 Å². The lowest BCUT2D eigenvalue weighted by atomic mass is 10.3. The summed E-state index contributed by atoms with van der Waals surface area (Å²) >= 11 is 3.31. The Hall–Kier alpha value is -2.21. The maximum atomic E-state index is 11.8. The number of benzene rings is 2. The minimum absolute atomic E-state index is 0.122. The molecule has 110 valence electrons. The van der Waals surface area contributed by atoms with Crippen LogP contribution < -0.4 is 20.5 Å². The van der Waals surface area contributed by atoms with Crippen molar-refractivity contribution >= 4 is 33.2 Å². The molecule has 0 fully saturated rings. The summed E-state index contributed by atoms with van der Waals surface area (Å²) in [5, 5.41) is 2.72. The summed E-state index contributed by atoms with van der Waals surface area (Å²) in [5.74, 6) is 0.871.